The van der Waals surface area contributed by atoms with Crippen LogP contribution in [0.15, 0.2) is 46.1 Å². The molecule has 0 radical (unpaired) electrons. The molecule has 3 N–H and O–H groups in total. The molecule has 4 fully saturated rings. The fourth-order valence-corrected chi connectivity index (χ4v) is 6.74. The number of rotatable bonds is 4. The number of amides is 2. The summed E-state index contributed by atoms with van der Waals surface area (Å²) in [6, 6.07) is 9.24. The van der Waals surface area contributed by atoms with Gasteiger partial charge < -0.3 is 19.8 Å². The van der Waals surface area contributed by atoms with Crippen LogP contribution < -0.4 is 26.8 Å². The Morgan fingerprint density at radius 1 is 0.947 bits per heavy atom. The lowest BCUT2D eigenvalue weighted by molar-refractivity contribution is -0.135. The van der Waals surface area contributed by atoms with Gasteiger partial charge in [0.05, 0.1) is 11.0 Å². The first-order valence-corrected chi connectivity index (χ1v) is 13.7. The molecule has 0 bridgehead atoms. The number of piperidine rings is 2. The molecule has 3 saturated heterocycles. The smallest absolute Gasteiger partial charge is 0.327 e. The number of imide groups is 1. The lowest BCUT2D eigenvalue weighted by atomic mass is 9.96. The average Bonchev–Trinajstić information content (AvgIpc) is 3.41. The van der Waals surface area contributed by atoms with Crippen molar-refractivity contribution in [2.45, 2.75) is 68.5 Å². The third-order valence-electron chi connectivity index (χ3n) is 9.10. The van der Waals surface area contributed by atoms with Crippen molar-refractivity contribution in [3.05, 3.63) is 62.9 Å². The van der Waals surface area contributed by atoms with Crippen LogP contribution in [0.25, 0.3) is 11.0 Å². The Morgan fingerprint density at radius 3 is 2.47 bits per heavy atom. The minimum atomic E-state index is -0.694. The van der Waals surface area contributed by atoms with E-state index in [1.54, 1.807) is 0 Å². The number of benzene rings is 1. The molecule has 1 aliphatic carbocycles. The molecule has 10 heteroatoms. The molecule has 1 aromatic carbocycles. The molecule has 2 amide bonds. The van der Waals surface area contributed by atoms with Crippen molar-refractivity contribution < 1.29 is 9.59 Å². The Bertz CT molecular complexity index is 1560. The highest BCUT2D eigenvalue weighted by atomic mass is 16.2. The highest BCUT2D eigenvalue weighted by molar-refractivity contribution is 6.00. The van der Waals surface area contributed by atoms with Gasteiger partial charge in [-0.3, -0.25) is 24.3 Å². The first-order valence-electron chi connectivity index (χ1n) is 13.7. The van der Waals surface area contributed by atoms with E-state index < -0.39 is 11.9 Å². The summed E-state index contributed by atoms with van der Waals surface area (Å²) in [4.78, 5) is 54.8. The maximum atomic E-state index is 13.0. The van der Waals surface area contributed by atoms with Crippen molar-refractivity contribution in [2.75, 3.05) is 24.5 Å². The molecule has 5 heterocycles. The summed E-state index contributed by atoms with van der Waals surface area (Å²) >= 11 is 0. The summed E-state index contributed by atoms with van der Waals surface area (Å²) < 4.78 is 3.35. The van der Waals surface area contributed by atoms with Gasteiger partial charge in [-0.05, 0) is 74.3 Å². The van der Waals surface area contributed by atoms with Gasteiger partial charge in [-0.25, -0.2) is 4.79 Å². The van der Waals surface area contributed by atoms with Crippen LogP contribution in [-0.4, -0.2) is 51.1 Å². The molecular formula is C28H32N6O4. The van der Waals surface area contributed by atoms with Crippen LogP contribution in [0.3, 0.4) is 0 Å². The van der Waals surface area contributed by atoms with Gasteiger partial charge in [-0.1, -0.05) is 0 Å². The van der Waals surface area contributed by atoms with Crippen molar-refractivity contribution in [3.63, 3.8) is 0 Å². The number of fused-ring (bicyclic) bond motifs is 1. The minimum absolute atomic E-state index is 0.0893. The number of nitrogens with zero attached hydrogens (tertiary/aromatic N) is 3. The molecule has 198 valence electrons. The topological polar surface area (TPSA) is 121 Å². The molecule has 2 unspecified atom stereocenters. The van der Waals surface area contributed by atoms with Crippen LogP contribution in [0.5, 0.6) is 0 Å². The van der Waals surface area contributed by atoms with E-state index in [2.05, 4.69) is 26.6 Å². The summed E-state index contributed by atoms with van der Waals surface area (Å²) in [5.41, 5.74) is 3.57. The Kier molecular flexibility index (Phi) is 5.36. The summed E-state index contributed by atoms with van der Waals surface area (Å²) in [7, 11) is 0. The predicted molar refractivity (Wildman–Crippen MR) is 142 cm³/mol. The number of H-pyrrole nitrogens is 1. The SMILES string of the molecule is O=C1CCC(n2c(=O)[nH]c3cc(N4CCC(n5ccc(C6CNC7(CC7)C6)cc5=O)CC4)ccc32)C(=O)N1. The average molecular weight is 517 g/mol. The number of hydrogen-bond donors (Lipinski definition) is 3. The second kappa shape index (κ2) is 8.69. The zero-order valence-corrected chi connectivity index (χ0v) is 21.2. The Balaban J connectivity index is 1.05. The molecular weight excluding hydrogens is 484 g/mol. The van der Waals surface area contributed by atoms with Gasteiger partial charge in [0, 0.05) is 55.6 Å². The second-order valence-corrected chi connectivity index (χ2v) is 11.5. The normalized spacial score (nSPS) is 25.3. The van der Waals surface area contributed by atoms with Gasteiger partial charge in [0.15, 0.2) is 0 Å². The van der Waals surface area contributed by atoms with E-state index in [1.165, 1.54) is 17.4 Å². The maximum Gasteiger partial charge on any atom is 0.327 e. The Morgan fingerprint density at radius 2 is 1.76 bits per heavy atom. The molecule has 2 aromatic heterocycles. The standard InChI is InChI=1S/C28H32N6O4/c35-24-4-3-23(26(37)31-24)34-22-2-1-20(14-21(22)30-27(34)38)32-10-6-19(7-11-32)33-12-5-17(13-25(33)36)18-15-28(8-9-28)29-16-18/h1-2,5,12-14,18-19,23,29H,3-4,6-11,15-16H2,(H,30,38)(H,31,35,37). The third kappa shape index (κ3) is 3.98. The van der Waals surface area contributed by atoms with Crippen molar-refractivity contribution in [1.82, 2.24) is 24.8 Å². The summed E-state index contributed by atoms with van der Waals surface area (Å²) in [5, 5.41) is 5.97. The maximum absolute atomic E-state index is 13.0. The van der Waals surface area contributed by atoms with Crippen LogP contribution in [0.4, 0.5) is 5.69 Å². The highest BCUT2D eigenvalue weighted by Crippen LogP contribution is 2.47. The van der Waals surface area contributed by atoms with Gasteiger partial charge in [-0.15, -0.1) is 0 Å². The lowest BCUT2D eigenvalue weighted by Gasteiger charge is -2.34. The molecule has 4 aliphatic rings. The lowest BCUT2D eigenvalue weighted by Crippen LogP contribution is -2.43. The zero-order valence-electron chi connectivity index (χ0n) is 21.2. The first-order chi connectivity index (χ1) is 18.4. The molecule has 3 aromatic rings. The van der Waals surface area contributed by atoms with Crippen molar-refractivity contribution in [1.29, 1.82) is 0 Å². The second-order valence-electron chi connectivity index (χ2n) is 11.5. The van der Waals surface area contributed by atoms with Crippen LogP contribution in [-0.2, 0) is 9.59 Å². The largest absolute Gasteiger partial charge is 0.371 e. The number of nitrogens with one attached hydrogen (secondary N) is 3. The van der Waals surface area contributed by atoms with Crippen LogP contribution in [0.1, 0.15) is 68.5 Å². The highest BCUT2D eigenvalue weighted by Gasteiger charge is 2.48. The van der Waals surface area contributed by atoms with Gasteiger partial charge in [0.1, 0.15) is 6.04 Å². The molecule has 38 heavy (non-hydrogen) atoms. The van der Waals surface area contributed by atoms with E-state index in [-0.39, 0.29) is 29.6 Å². The fourth-order valence-electron chi connectivity index (χ4n) is 6.74. The molecule has 1 saturated carbocycles. The van der Waals surface area contributed by atoms with E-state index in [0.717, 1.165) is 50.1 Å². The number of hydrogen-bond acceptors (Lipinski definition) is 6. The Labute approximate surface area is 219 Å². The van der Waals surface area contributed by atoms with E-state index in [9.17, 15) is 19.2 Å². The van der Waals surface area contributed by atoms with Crippen molar-refractivity contribution in [3.8, 4) is 0 Å². The van der Waals surface area contributed by atoms with Crippen molar-refractivity contribution in [2.24, 2.45) is 0 Å². The molecule has 7 rings (SSSR count). The number of carbonyl (C=O) groups is 2. The van der Waals surface area contributed by atoms with E-state index in [0.29, 0.717) is 28.9 Å². The number of anilines is 1. The number of imidazole rings is 1. The predicted octanol–water partition coefficient (Wildman–Crippen LogP) is 1.92. The number of aromatic nitrogens is 3. The minimum Gasteiger partial charge on any atom is -0.371 e. The third-order valence-corrected chi connectivity index (χ3v) is 9.10. The Hall–Kier alpha value is -3.66. The number of aromatic amines is 1. The van der Waals surface area contributed by atoms with E-state index >= 15 is 0 Å². The van der Waals surface area contributed by atoms with Gasteiger partial charge in [0.2, 0.25) is 11.8 Å². The van der Waals surface area contributed by atoms with Gasteiger partial charge >= 0.3 is 5.69 Å². The monoisotopic (exact) mass is 516 g/mol. The van der Waals surface area contributed by atoms with Crippen LogP contribution in [0.2, 0.25) is 0 Å². The summed E-state index contributed by atoms with van der Waals surface area (Å²) in [6.07, 6.45) is 7.89. The molecule has 2 atom stereocenters. The van der Waals surface area contributed by atoms with E-state index in [1.807, 2.05) is 35.0 Å². The van der Waals surface area contributed by atoms with Crippen LogP contribution >= 0.6 is 0 Å². The van der Waals surface area contributed by atoms with Crippen molar-refractivity contribution >= 4 is 28.5 Å². The first kappa shape index (κ1) is 23.5. The zero-order chi connectivity index (χ0) is 26.0. The van der Waals surface area contributed by atoms with Gasteiger partial charge in [0.25, 0.3) is 5.56 Å². The van der Waals surface area contributed by atoms with Gasteiger partial charge in [-0.2, -0.15) is 0 Å². The quantitative estimate of drug-likeness (QED) is 0.456. The number of carbonyl (C=O) groups excluding carboxylic acids is 2. The molecule has 10 nitrogen and oxygen atoms in total. The number of pyridine rings is 1. The fraction of sp³-hybridized carbons (Fsp3) is 0.500. The summed E-state index contributed by atoms with van der Waals surface area (Å²) in [5.74, 6) is -0.307. The summed E-state index contributed by atoms with van der Waals surface area (Å²) in [6.45, 7) is 2.57. The van der Waals surface area contributed by atoms with Crippen LogP contribution in [0, 0.1) is 0 Å². The molecule has 3 aliphatic heterocycles. The van der Waals surface area contributed by atoms with E-state index in [4.69, 9.17) is 0 Å². The molecule has 1 spiro atoms.